The van der Waals surface area contributed by atoms with Gasteiger partial charge in [-0.2, -0.15) is 0 Å². The van der Waals surface area contributed by atoms with E-state index in [9.17, 15) is 0 Å². The largest absolute Gasteiger partial charge is 0.334 e. The molecule has 0 N–H and O–H groups in total. The molecule has 1 aromatic carbocycles. The van der Waals surface area contributed by atoms with E-state index in [2.05, 4.69) is 14.7 Å². The van der Waals surface area contributed by atoms with E-state index < -0.39 is 0 Å². The Morgan fingerprint density at radius 1 is 1.18 bits per heavy atom. The van der Waals surface area contributed by atoms with Gasteiger partial charge in [0.25, 0.3) is 0 Å². The van der Waals surface area contributed by atoms with Crippen molar-refractivity contribution in [1.29, 1.82) is 0 Å². The highest BCUT2D eigenvalue weighted by Crippen LogP contribution is 2.32. The standard InChI is InChI=1S/C15H17ClN4S2/c16-11-3-4-12-13(9-11)22-14(17-12)20-8-7-19(15(20)21)10-18-5-1-2-6-18/h3-4,9H,1-2,5-8,10H2. The van der Waals surface area contributed by atoms with Crippen LogP contribution in [0, 0.1) is 0 Å². The summed E-state index contributed by atoms with van der Waals surface area (Å²) < 4.78 is 1.11. The highest BCUT2D eigenvalue weighted by Gasteiger charge is 2.29. The summed E-state index contributed by atoms with van der Waals surface area (Å²) >= 11 is 13.4. The van der Waals surface area contributed by atoms with E-state index in [1.54, 1.807) is 11.3 Å². The number of thiazole rings is 1. The first-order chi connectivity index (χ1) is 10.7. The molecule has 2 aliphatic heterocycles. The molecule has 0 aliphatic carbocycles. The maximum absolute atomic E-state index is 6.06. The fourth-order valence-corrected chi connectivity index (χ4v) is 4.71. The minimum absolute atomic E-state index is 0.752. The van der Waals surface area contributed by atoms with Crippen LogP contribution in [-0.2, 0) is 0 Å². The zero-order chi connectivity index (χ0) is 15.1. The number of nitrogens with zero attached hydrogens (tertiary/aromatic N) is 4. The summed E-state index contributed by atoms with van der Waals surface area (Å²) in [4.78, 5) is 11.6. The SMILES string of the molecule is S=C1N(CN2CCCC2)CCN1c1nc2ccc(Cl)cc2s1. The smallest absolute Gasteiger partial charge is 0.192 e. The fraction of sp³-hybridized carbons (Fsp3) is 0.467. The maximum Gasteiger partial charge on any atom is 0.192 e. The average molecular weight is 353 g/mol. The van der Waals surface area contributed by atoms with Gasteiger partial charge in [-0.05, 0) is 56.3 Å². The highest BCUT2D eigenvalue weighted by atomic mass is 35.5. The molecule has 0 bridgehead atoms. The number of hydrogen-bond donors (Lipinski definition) is 0. The molecule has 4 nitrogen and oxygen atoms in total. The van der Waals surface area contributed by atoms with Gasteiger partial charge in [-0.15, -0.1) is 0 Å². The first-order valence-corrected chi connectivity index (χ1v) is 9.16. The molecule has 3 heterocycles. The Morgan fingerprint density at radius 3 is 2.82 bits per heavy atom. The minimum Gasteiger partial charge on any atom is -0.334 e. The van der Waals surface area contributed by atoms with Crippen LogP contribution in [0.25, 0.3) is 10.2 Å². The third-order valence-electron chi connectivity index (χ3n) is 4.23. The van der Waals surface area contributed by atoms with Crippen molar-refractivity contribution >= 4 is 55.6 Å². The Morgan fingerprint density at radius 2 is 2.00 bits per heavy atom. The Bertz CT molecular complexity index is 711. The molecule has 7 heteroatoms. The van der Waals surface area contributed by atoms with Gasteiger partial charge in [-0.1, -0.05) is 22.9 Å². The predicted molar refractivity (Wildman–Crippen MR) is 97.0 cm³/mol. The van der Waals surface area contributed by atoms with E-state index >= 15 is 0 Å². The molecule has 2 aromatic rings. The van der Waals surface area contributed by atoms with Crippen molar-refractivity contribution in [3.63, 3.8) is 0 Å². The topological polar surface area (TPSA) is 22.6 Å². The summed E-state index contributed by atoms with van der Waals surface area (Å²) in [6.45, 7) is 5.23. The summed E-state index contributed by atoms with van der Waals surface area (Å²) in [6.07, 6.45) is 2.62. The molecular formula is C15H17ClN4S2. The van der Waals surface area contributed by atoms with Crippen molar-refractivity contribution in [2.24, 2.45) is 0 Å². The van der Waals surface area contributed by atoms with Crippen molar-refractivity contribution in [1.82, 2.24) is 14.8 Å². The Hall–Kier alpha value is -0.950. The van der Waals surface area contributed by atoms with E-state index in [-0.39, 0.29) is 0 Å². The second kappa shape index (κ2) is 5.92. The fourth-order valence-electron chi connectivity index (χ4n) is 3.06. The van der Waals surface area contributed by atoms with Gasteiger partial charge < -0.3 is 4.90 Å². The molecule has 2 fully saturated rings. The summed E-state index contributed by atoms with van der Waals surface area (Å²) in [7, 11) is 0. The number of aromatic nitrogens is 1. The van der Waals surface area contributed by atoms with Crippen LogP contribution < -0.4 is 4.90 Å². The highest BCUT2D eigenvalue weighted by molar-refractivity contribution is 7.80. The van der Waals surface area contributed by atoms with E-state index in [1.807, 2.05) is 18.2 Å². The monoisotopic (exact) mass is 352 g/mol. The second-order valence-electron chi connectivity index (χ2n) is 5.77. The molecule has 2 aliphatic rings. The summed E-state index contributed by atoms with van der Waals surface area (Å²) in [5.74, 6) is 0. The van der Waals surface area contributed by atoms with Crippen LogP contribution in [0.15, 0.2) is 18.2 Å². The van der Waals surface area contributed by atoms with E-state index in [1.165, 1.54) is 25.9 Å². The average Bonchev–Trinajstić information content (AvgIpc) is 3.20. The van der Waals surface area contributed by atoms with Crippen LogP contribution in [0.5, 0.6) is 0 Å². The van der Waals surface area contributed by atoms with Gasteiger partial charge in [0.2, 0.25) is 0 Å². The molecule has 0 saturated carbocycles. The van der Waals surface area contributed by atoms with Gasteiger partial charge in [0, 0.05) is 18.1 Å². The Kier molecular flexibility index (Phi) is 3.94. The third-order valence-corrected chi connectivity index (χ3v) is 5.99. The number of fused-ring (bicyclic) bond motifs is 1. The number of anilines is 1. The minimum atomic E-state index is 0.752. The van der Waals surface area contributed by atoms with Crippen LogP contribution in [0.1, 0.15) is 12.8 Å². The first-order valence-electron chi connectivity index (χ1n) is 7.55. The first kappa shape index (κ1) is 14.6. The molecule has 0 atom stereocenters. The van der Waals surface area contributed by atoms with Crippen LogP contribution >= 0.6 is 35.2 Å². The maximum atomic E-state index is 6.06. The van der Waals surface area contributed by atoms with Gasteiger partial charge in [-0.25, -0.2) is 4.98 Å². The second-order valence-corrected chi connectivity index (χ2v) is 7.58. The number of benzene rings is 1. The lowest BCUT2D eigenvalue weighted by Crippen LogP contribution is -2.39. The zero-order valence-corrected chi connectivity index (χ0v) is 14.6. The summed E-state index contributed by atoms with van der Waals surface area (Å²) in [5.41, 5.74) is 0.991. The van der Waals surface area contributed by atoms with Crippen molar-refractivity contribution < 1.29 is 0 Å². The summed E-state index contributed by atoms with van der Waals surface area (Å²) in [5, 5.41) is 2.63. The molecule has 0 amide bonds. The number of hydrogen-bond acceptors (Lipinski definition) is 4. The number of thiocarbonyl (C=S) groups is 1. The van der Waals surface area contributed by atoms with Gasteiger partial charge in [0.05, 0.1) is 16.9 Å². The quantitative estimate of drug-likeness (QED) is 0.787. The summed E-state index contributed by atoms with van der Waals surface area (Å²) in [6, 6.07) is 5.83. The van der Waals surface area contributed by atoms with Crippen molar-refractivity contribution in [3.8, 4) is 0 Å². The van der Waals surface area contributed by atoms with Crippen molar-refractivity contribution in [3.05, 3.63) is 23.2 Å². The molecule has 116 valence electrons. The van der Waals surface area contributed by atoms with Gasteiger partial charge in [0.1, 0.15) is 0 Å². The molecular weight excluding hydrogens is 336 g/mol. The third kappa shape index (κ3) is 2.69. The van der Waals surface area contributed by atoms with Crippen molar-refractivity contribution in [2.45, 2.75) is 12.8 Å². The molecule has 0 radical (unpaired) electrons. The van der Waals surface area contributed by atoms with E-state index in [4.69, 9.17) is 28.8 Å². The lowest BCUT2D eigenvalue weighted by Gasteiger charge is -2.25. The normalized spacial score (nSPS) is 19.8. The van der Waals surface area contributed by atoms with Crippen LogP contribution in [0.4, 0.5) is 5.13 Å². The Labute approximate surface area is 144 Å². The molecule has 0 spiro atoms. The van der Waals surface area contributed by atoms with Crippen LogP contribution in [0.3, 0.4) is 0 Å². The molecule has 4 rings (SSSR count). The zero-order valence-electron chi connectivity index (χ0n) is 12.2. The number of rotatable bonds is 3. The van der Waals surface area contributed by atoms with Crippen LogP contribution in [0.2, 0.25) is 5.02 Å². The molecule has 0 unspecified atom stereocenters. The van der Waals surface area contributed by atoms with Gasteiger partial charge in [0.15, 0.2) is 10.2 Å². The number of likely N-dealkylation sites (tertiary alicyclic amines) is 1. The van der Waals surface area contributed by atoms with E-state index in [0.29, 0.717) is 0 Å². The van der Waals surface area contributed by atoms with Crippen LogP contribution in [-0.4, -0.2) is 52.7 Å². The lowest BCUT2D eigenvalue weighted by atomic mass is 10.3. The molecule has 22 heavy (non-hydrogen) atoms. The molecule has 2 saturated heterocycles. The predicted octanol–water partition coefficient (Wildman–Crippen LogP) is 3.41. The van der Waals surface area contributed by atoms with Gasteiger partial charge in [-0.3, -0.25) is 9.80 Å². The molecule has 1 aromatic heterocycles. The lowest BCUT2D eigenvalue weighted by molar-refractivity contribution is 0.236. The van der Waals surface area contributed by atoms with Gasteiger partial charge >= 0.3 is 0 Å². The van der Waals surface area contributed by atoms with Crippen molar-refractivity contribution in [2.75, 3.05) is 37.7 Å². The van der Waals surface area contributed by atoms with E-state index in [0.717, 1.165) is 45.2 Å². The number of halogens is 1. The Balaban J connectivity index is 1.53.